The molecule has 6 nitrogen and oxygen atoms in total. The molecular weight excluding hydrogens is 452 g/mol. The Morgan fingerprint density at radius 1 is 0.556 bits per heavy atom. The van der Waals surface area contributed by atoms with Crippen molar-refractivity contribution >= 4 is 0 Å². The van der Waals surface area contributed by atoms with Gasteiger partial charge in [-0.05, 0) is 60.5 Å². The first kappa shape index (κ1) is 23.3. The number of nitrogens with two attached hydrogens (primary N) is 2. The van der Waals surface area contributed by atoms with Gasteiger partial charge in [-0.15, -0.1) is 0 Å². The SMILES string of the molecule is NC1(N)C(CC2CO2)C(CC2CO2)C(CC2CO2)C(CC2CO2)C1(c1ccccc1)c1ccccc1. The molecule has 5 fully saturated rings. The summed E-state index contributed by atoms with van der Waals surface area (Å²) in [5, 5.41) is 0. The zero-order valence-corrected chi connectivity index (χ0v) is 20.8. The van der Waals surface area contributed by atoms with Crippen molar-refractivity contribution in [2.45, 2.75) is 61.2 Å². The van der Waals surface area contributed by atoms with Crippen molar-refractivity contribution in [2.75, 3.05) is 26.4 Å². The molecule has 0 radical (unpaired) electrons. The van der Waals surface area contributed by atoms with E-state index < -0.39 is 11.1 Å². The van der Waals surface area contributed by atoms with Gasteiger partial charge in [-0.25, -0.2) is 0 Å². The first-order chi connectivity index (χ1) is 17.6. The van der Waals surface area contributed by atoms with Crippen molar-refractivity contribution in [3.63, 3.8) is 0 Å². The Balaban J connectivity index is 1.45. The van der Waals surface area contributed by atoms with Crippen molar-refractivity contribution in [2.24, 2.45) is 35.1 Å². The number of benzene rings is 2. The first-order valence-electron chi connectivity index (χ1n) is 13.7. The Bertz CT molecular complexity index is 1010. The summed E-state index contributed by atoms with van der Waals surface area (Å²) in [6, 6.07) is 21.6. The lowest BCUT2D eigenvalue weighted by Gasteiger charge is -2.64. The molecule has 7 rings (SSSR count). The molecule has 4 aliphatic heterocycles. The molecule has 4 N–H and O–H groups in total. The predicted octanol–water partition coefficient (Wildman–Crippen LogP) is 3.22. The largest absolute Gasteiger partial charge is 0.373 e. The molecule has 4 heterocycles. The molecular formula is C30H38N2O4. The molecule has 2 aromatic rings. The molecule has 0 spiro atoms. The van der Waals surface area contributed by atoms with E-state index in [9.17, 15) is 0 Å². The minimum Gasteiger partial charge on any atom is -0.373 e. The summed E-state index contributed by atoms with van der Waals surface area (Å²) >= 11 is 0. The van der Waals surface area contributed by atoms with Crippen LogP contribution in [0.5, 0.6) is 0 Å². The zero-order valence-electron chi connectivity index (χ0n) is 20.8. The Hall–Kier alpha value is -1.80. The first-order valence-corrected chi connectivity index (χ1v) is 13.7. The van der Waals surface area contributed by atoms with E-state index in [4.69, 9.17) is 30.4 Å². The molecule has 36 heavy (non-hydrogen) atoms. The van der Waals surface area contributed by atoms with E-state index in [1.54, 1.807) is 0 Å². The van der Waals surface area contributed by atoms with Crippen LogP contribution in [-0.2, 0) is 24.4 Å². The molecule has 8 unspecified atom stereocenters. The second-order valence-corrected chi connectivity index (χ2v) is 11.8. The van der Waals surface area contributed by atoms with Gasteiger partial charge >= 0.3 is 0 Å². The van der Waals surface area contributed by atoms with Crippen molar-refractivity contribution < 1.29 is 18.9 Å². The number of ether oxygens (including phenoxy) is 4. The number of hydrogen-bond acceptors (Lipinski definition) is 6. The van der Waals surface area contributed by atoms with Crippen LogP contribution in [0.2, 0.25) is 0 Å². The summed E-state index contributed by atoms with van der Waals surface area (Å²) < 4.78 is 23.3. The number of hydrogen-bond donors (Lipinski definition) is 2. The number of rotatable bonds is 10. The Kier molecular flexibility index (Phi) is 5.77. The van der Waals surface area contributed by atoms with Crippen molar-refractivity contribution in [3.8, 4) is 0 Å². The highest BCUT2D eigenvalue weighted by Crippen LogP contribution is 2.62. The highest BCUT2D eigenvalue weighted by Gasteiger charge is 2.67. The van der Waals surface area contributed by atoms with E-state index in [0.29, 0.717) is 24.0 Å². The Morgan fingerprint density at radius 3 is 1.33 bits per heavy atom. The standard InChI is InChI=1S/C30H38N2O4/c31-30(32)28(14-24-18-36-24)26(12-22-16-34-22)25(11-21-15-33-21)27(13-23-17-35-23)29(30,19-7-3-1-4-8-19)20-9-5-2-6-10-20/h1-10,21-28H,11-18,31-32H2. The van der Waals surface area contributed by atoms with Gasteiger partial charge in [0.1, 0.15) is 0 Å². The average molecular weight is 491 g/mol. The Morgan fingerprint density at radius 2 is 0.917 bits per heavy atom. The van der Waals surface area contributed by atoms with Gasteiger partial charge in [0.2, 0.25) is 0 Å². The molecule has 0 amide bonds. The Labute approximate surface area is 213 Å². The third-order valence-electron chi connectivity index (χ3n) is 9.61. The molecule has 8 atom stereocenters. The van der Waals surface area contributed by atoms with Gasteiger partial charge in [0.15, 0.2) is 0 Å². The van der Waals surface area contributed by atoms with E-state index in [0.717, 1.165) is 52.1 Å². The van der Waals surface area contributed by atoms with Gasteiger partial charge in [-0.2, -0.15) is 0 Å². The van der Waals surface area contributed by atoms with Crippen molar-refractivity contribution in [3.05, 3.63) is 71.8 Å². The fourth-order valence-corrected chi connectivity index (χ4v) is 7.77. The summed E-state index contributed by atoms with van der Waals surface area (Å²) in [6.45, 7) is 3.32. The molecule has 0 aromatic heterocycles. The number of epoxide rings is 4. The molecule has 1 saturated carbocycles. The summed E-state index contributed by atoms with van der Waals surface area (Å²) in [6.07, 6.45) is 5.03. The molecule has 5 aliphatic rings. The van der Waals surface area contributed by atoms with Gasteiger partial charge in [0.05, 0.1) is 61.9 Å². The van der Waals surface area contributed by atoms with Crippen LogP contribution in [0, 0.1) is 23.7 Å². The lowest BCUT2D eigenvalue weighted by Crippen LogP contribution is -2.77. The minimum atomic E-state index is -0.984. The maximum atomic E-state index is 7.63. The average Bonchev–Trinajstić information content (AvgIpc) is 3.67. The maximum absolute atomic E-state index is 7.63. The summed E-state index contributed by atoms with van der Waals surface area (Å²) in [5.41, 5.74) is 16.1. The van der Waals surface area contributed by atoms with Crippen LogP contribution in [0.25, 0.3) is 0 Å². The van der Waals surface area contributed by atoms with Gasteiger partial charge in [-0.3, -0.25) is 0 Å². The van der Waals surface area contributed by atoms with Gasteiger partial charge in [0, 0.05) is 0 Å². The molecule has 4 saturated heterocycles. The topological polar surface area (TPSA) is 102 Å². The molecule has 1 aliphatic carbocycles. The summed E-state index contributed by atoms with van der Waals surface area (Å²) in [5.74, 6) is 1.06. The van der Waals surface area contributed by atoms with E-state index >= 15 is 0 Å². The van der Waals surface area contributed by atoms with Crippen molar-refractivity contribution in [1.29, 1.82) is 0 Å². The third kappa shape index (κ3) is 4.12. The third-order valence-corrected chi connectivity index (χ3v) is 9.61. The molecule has 0 bridgehead atoms. The molecule has 2 aromatic carbocycles. The van der Waals surface area contributed by atoms with Gasteiger partial charge < -0.3 is 30.4 Å². The van der Waals surface area contributed by atoms with Crippen molar-refractivity contribution in [1.82, 2.24) is 0 Å². The highest BCUT2D eigenvalue weighted by atomic mass is 16.6. The van der Waals surface area contributed by atoms with Crippen LogP contribution in [0.15, 0.2) is 60.7 Å². The molecule has 192 valence electrons. The van der Waals surface area contributed by atoms with Crippen LogP contribution in [0.3, 0.4) is 0 Å². The second kappa shape index (κ2) is 8.90. The smallest absolute Gasteiger partial charge is 0.0813 e. The van der Waals surface area contributed by atoms with E-state index in [1.807, 2.05) is 0 Å². The fourth-order valence-electron chi connectivity index (χ4n) is 7.77. The van der Waals surface area contributed by atoms with Gasteiger partial charge in [0.25, 0.3) is 0 Å². The monoisotopic (exact) mass is 490 g/mol. The maximum Gasteiger partial charge on any atom is 0.0813 e. The van der Waals surface area contributed by atoms with E-state index in [1.165, 1.54) is 11.1 Å². The lowest BCUT2D eigenvalue weighted by molar-refractivity contribution is -0.0661. The van der Waals surface area contributed by atoms with Crippen LogP contribution in [-0.4, -0.2) is 56.5 Å². The van der Waals surface area contributed by atoms with E-state index in [-0.39, 0.29) is 24.0 Å². The van der Waals surface area contributed by atoms with Crippen LogP contribution in [0.1, 0.15) is 36.8 Å². The normalized spacial score (nSPS) is 39.4. The van der Waals surface area contributed by atoms with Crippen LogP contribution in [0.4, 0.5) is 0 Å². The fraction of sp³-hybridized carbons (Fsp3) is 0.600. The summed E-state index contributed by atoms with van der Waals surface area (Å²) in [7, 11) is 0. The zero-order chi connectivity index (χ0) is 24.3. The van der Waals surface area contributed by atoms with Crippen LogP contribution >= 0.6 is 0 Å². The quantitative estimate of drug-likeness (QED) is 0.392. The summed E-state index contributed by atoms with van der Waals surface area (Å²) in [4.78, 5) is 0. The van der Waals surface area contributed by atoms with Crippen LogP contribution < -0.4 is 11.5 Å². The van der Waals surface area contributed by atoms with E-state index in [2.05, 4.69) is 60.7 Å². The molecule has 6 heteroatoms. The highest BCUT2D eigenvalue weighted by molar-refractivity contribution is 5.47. The van der Waals surface area contributed by atoms with Gasteiger partial charge in [-0.1, -0.05) is 60.7 Å². The predicted molar refractivity (Wildman–Crippen MR) is 136 cm³/mol. The second-order valence-electron chi connectivity index (χ2n) is 11.8. The minimum absolute atomic E-state index is 0.0923. The lowest BCUT2D eigenvalue weighted by atomic mass is 9.43.